The van der Waals surface area contributed by atoms with Crippen molar-refractivity contribution in [1.29, 1.82) is 0.594 Å². The number of carbonyl (C=O) groups excluding carboxylic acids is 2. The summed E-state index contributed by atoms with van der Waals surface area (Å²) >= 11 is -0.973. The van der Waals surface area contributed by atoms with Crippen LogP contribution < -0.4 is 21.0 Å². The second-order valence-electron chi connectivity index (χ2n) is 2.15. The van der Waals surface area contributed by atoms with Crippen molar-refractivity contribution >= 4 is 26.0 Å². The molecule has 0 spiro atoms. The number of carboxylic acid groups (broad SMARTS) is 1. The van der Waals surface area contributed by atoms with Gasteiger partial charge in [-0.05, 0) is 0 Å². The van der Waals surface area contributed by atoms with Crippen LogP contribution in [-0.2, 0) is 19.1 Å². The molecule has 0 aromatic rings. The van der Waals surface area contributed by atoms with E-state index in [4.69, 9.17) is 5.70 Å². The van der Waals surface area contributed by atoms with E-state index >= 15 is 0 Å². The molecule has 5 nitrogen and oxygen atoms in total. The molecule has 0 amide bonds. The number of aliphatic carboxylic acids is 1. The fraction of sp³-hybridized carbons (Fsp3) is 0.286. The summed E-state index contributed by atoms with van der Waals surface area (Å²) in [5, 5.41) is 7.99. The van der Waals surface area contributed by atoms with Crippen molar-refractivity contribution < 1.29 is 45.2 Å². The first-order valence-electron chi connectivity index (χ1n) is 3.79. The summed E-state index contributed by atoms with van der Waals surface area (Å²) in [7, 11) is 0.825. The predicted octanol–water partition coefficient (Wildman–Crippen LogP) is -2.98. The standard InChI is InChI=1S/C7H8IO5S/c1-4(7(11)12)13-5(9)2-3-6(10)14-8/h2-4,8H,1H3,(H,11,12)/q-1/b3-2+/t4-/m0/s1/i8T. The van der Waals surface area contributed by atoms with Gasteiger partial charge in [0.15, 0.2) is 0 Å². The van der Waals surface area contributed by atoms with Crippen LogP contribution in [0.1, 0.15) is 6.92 Å². The Hall–Kier alpha value is -0.570. The summed E-state index contributed by atoms with van der Waals surface area (Å²) in [6.45, 7) is 1.21. The summed E-state index contributed by atoms with van der Waals surface area (Å²) in [6, 6.07) is 0. The van der Waals surface area contributed by atoms with E-state index in [-0.39, 0.29) is 0 Å². The van der Waals surface area contributed by atoms with Gasteiger partial charge in [0.2, 0.25) is 0 Å². The average Bonchev–Trinajstić information content (AvgIpc) is 2.15. The van der Waals surface area contributed by atoms with Crippen LogP contribution in [0.3, 0.4) is 0 Å². The van der Waals surface area contributed by atoms with Crippen LogP contribution in [0.5, 0.6) is 0 Å². The van der Waals surface area contributed by atoms with Crippen molar-refractivity contribution in [1.82, 2.24) is 0 Å². The van der Waals surface area contributed by atoms with Gasteiger partial charge in [-0.3, -0.25) is 0 Å². The molecule has 80 valence electrons. The van der Waals surface area contributed by atoms with Crippen molar-refractivity contribution in [2.45, 2.75) is 13.0 Å². The first kappa shape index (κ1) is 11.5. The van der Waals surface area contributed by atoms with Crippen molar-refractivity contribution in [3.63, 3.8) is 0 Å². The molecule has 0 aromatic carbocycles. The molecule has 0 fully saturated rings. The maximum atomic E-state index is 10.9. The molecule has 0 aliphatic heterocycles. The quantitative estimate of drug-likeness (QED) is 0.329. The zero-order valence-corrected chi connectivity index (χ0v) is 10.1. The molecule has 0 rings (SSSR count). The molecule has 1 N–H and O–H groups in total. The van der Waals surface area contributed by atoms with E-state index in [1.165, 1.54) is 6.92 Å². The fourth-order valence-corrected chi connectivity index (χ4v) is 0.986. The van der Waals surface area contributed by atoms with Gasteiger partial charge in [0.05, 0.1) is 0 Å². The summed E-state index contributed by atoms with van der Waals surface area (Å²) in [6.07, 6.45) is 0.581. The molecule has 0 unspecified atom stereocenters. The second kappa shape index (κ2) is 6.82. The molecule has 1 atom stereocenters. The van der Waals surface area contributed by atoms with E-state index < -0.39 is 44.2 Å². The van der Waals surface area contributed by atoms with Gasteiger partial charge in [0.25, 0.3) is 0 Å². The number of ether oxygens (including phenoxy) is 1. The van der Waals surface area contributed by atoms with E-state index in [0.29, 0.717) is 0 Å². The third-order valence-corrected chi connectivity index (χ3v) is 2.66. The van der Waals surface area contributed by atoms with Gasteiger partial charge in [-0.1, -0.05) is 0 Å². The minimum absolute atomic E-state index is 0.405. The van der Waals surface area contributed by atoms with Crippen LogP contribution in [0.25, 0.3) is 0 Å². The molecule has 0 bridgehead atoms. The molecule has 0 heterocycles. The SMILES string of the molecule is [3H][I-]SC(=O)/C=C/C(=O)O[C@@H](C)C(=O)O. The number of rotatable bonds is 5. The van der Waals surface area contributed by atoms with Crippen molar-refractivity contribution in [2.24, 2.45) is 0 Å². The second-order valence-corrected chi connectivity index (χ2v) is 4.02. The zero-order chi connectivity index (χ0) is 11.8. The Bertz CT molecular complexity index is 293. The van der Waals surface area contributed by atoms with E-state index in [1.807, 2.05) is 0 Å². The zero-order valence-electron chi connectivity index (χ0n) is 8.10. The summed E-state index contributed by atoms with van der Waals surface area (Å²) in [5.41, 5.74) is 0. The molecule has 0 aliphatic carbocycles. The van der Waals surface area contributed by atoms with Crippen LogP contribution in [0.2, 0.25) is 0 Å². The Balaban J connectivity index is 4.03. The van der Waals surface area contributed by atoms with E-state index in [9.17, 15) is 14.4 Å². The number of esters is 1. The molecule has 0 saturated heterocycles. The van der Waals surface area contributed by atoms with Gasteiger partial charge in [0, 0.05) is 0 Å². The van der Waals surface area contributed by atoms with Crippen LogP contribution in [-0.4, -0.2) is 28.9 Å². The Labute approximate surface area is 96.9 Å². The van der Waals surface area contributed by atoms with Gasteiger partial charge in [0.1, 0.15) is 0 Å². The number of carbonyl (C=O) groups is 3. The first-order chi connectivity index (χ1) is 6.97. The molecule has 14 heavy (non-hydrogen) atoms. The van der Waals surface area contributed by atoms with Crippen LogP contribution in [0, 0.1) is 0 Å². The van der Waals surface area contributed by atoms with Gasteiger partial charge in [-0.15, -0.1) is 0 Å². The summed E-state index contributed by atoms with van der Waals surface area (Å²) in [5.74, 6) is -2.14. The maximum absolute atomic E-state index is 10.9. The Morgan fingerprint density at radius 2 is 2.21 bits per heavy atom. The Kier molecular flexibility index (Phi) is 5.60. The molecular formula is C7H8IO5S-. The third-order valence-electron chi connectivity index (χ3n) is 1.07. The Morgan fingerprint density at radius 1 is 1.57 bits per heavy atom. The molecule has 7 heteroatoms. The number of hydrogen-bond donors (Lipinski definition) is 1. The van der Waals surface area contributed by atoms with E-state index in [2.05, 4.69) is 4.74 Å². The van der Waals surface area contributed by atoms with Crippen LogP contribution >= 0.6 is 8.93 Å². The monoisotopic (exact) mass is 333 g/mol. The number of hydrogen-bond acceptors (Lipinski definition) is 5. The summed E-state index contributed by atoms with van der Waals surface area (Å²) in [4.78, 5) is 32.0. The normalized spacial score (nSPS) is 13.6. The molecule has 0 radical (unpaired) electrons. The number of halogens is 1. The van der Waals surface area contributed by atoms with Crippen molar-refractivity contribution in [3.8, 4) is 0 Å². The average molecular weight is 333 g/mol. The molecular weight excluding hydrogens is 323 g/mol. The van der Waals surface area contributed by atoms with Gasteiger partial charge in [-0.2, -0.15) is 0 Å². The van der Waals surface area contributed by atoms with Gasteiger partial charge in [-0.25, -0.2) is 0 Å². The van der Waals surface area contributed by atoms with Crippen molar-refractivity contribution in [3.05, 3.63) is 12.2 Å². The van der Waals surface area contributed by atoms with E-state index in [0.717, 1.165) is 21.1 Å². The third kappa shape index (κ3) is 5.97. The van der Waals surface area contributed by atoms with Gasteiger partial charge < -0.3 is 0 Å². The summed E-state index contributed by atoms with van der Waals surface area (Å²) < 4.78 is 11.2. The topological polar surface area (TPSA) is 80.7 Å². The van der Waals surface area contributed by atoms with Crippen LogP contribution in [0.4, 0.5) is 0 Å². The van der Waals surface area contributed by atoms with E-state index in [1.54, 1.807) is 0 Å². The Morgan fingerprint density at radius 3 is 2.71 bits per heavy atom. The fourth-order valence-electron chi connectivity index (χ4n) is 0.426. The number of carboxylic acids is 1. The molecule has 0 saturated carbocycles. The minimum atomic E-state index is -1.26. The first-order valence-corrected chi connectivity index (χ1v) is 6.77. The van der Waals surface area contributed by atoms with Gasteiger partial charge >= 0.3 is 97.0 Å². The van der Waals surface area contributed by atoms with Crippen LogP contribution in [0.15, 0.2) is 12.2 Å². The molecule has 0 aromatic heterocycles. The molecule has 0 aliphatic rings. The predicted molar refractivity (Wildman–Crippen MR) is 46.3 cm³/mol. The van der Waals surface area contributed by atoms with Crippen molar-refractivity contribution in [2.75, 3.05) is 0 Å².